The van der Waals surface area contributed by atoms with Gasteiger partial charge in [0.05, 0.1) is 0 Å². The molecule has 0 radical (unpaired) electrons. The number of likely N-dealkylation sites (tertiary alicyclic amines) is 1. The molecule has 1 aliphatic heterocycles. The van der Waals surface area contributed by atoms with Crippen LogP contribution < -0.4 is 0 Å². The molecular formula is C22H36N4O. The maximum Gasteiger partial charge on any atom is 0.226 e. The van der Waals surface area contributed by atoms with Gasteiger partial charge in [-0.2, -0.15) is 5.10 Å². The predicted molar refractivity (Wildman–Crippen MR) is 106 cm³/mol. The smallest absolute Gasteiger partial charge is 0.226 e. The molecule has 1 saturated heterocycles. The summed E-state index contributed by atoms with van der Waals surface area (Å²) < 4.78 is 1.92. The van der Waals surface area contributed by atoms with Crippen molar-refractivity contribution in [3.63, 3.8) is 0 Å². The Labute approximate surface area is 163 Å². The molecular weight excluding hydrogens is 336 g/mol. The fourth-order valence-corrected chi connectivity index (χ4v) is 5.66. The lowest BCUT2D eigenvalue weighted by Crippen LogP contribution is -2.41. The van der Waals surface area contributed by atoms with Crippen LogP contribution in [0.4, 0.5) is 0 Å². The molecule has 1 atom stereocenters. The van der Waals surface area contributed by atoms with Gasteiger partial charge in [0, 0.05) is 25.6 Å². The van der Waals surface area contributed by atoms with Crippen molar-refractivity contribution < 1.29 is 4.79 Å². The Morgan fingerprint density at radius 3 is 2.48 bits per heavy atom. The van der Waals surface area contributed by atoms with E-state index in [0.717, 1.165) is 44.8 Å². The number of hydrogen-bond acceptors (Lipinski definition) is 3. The number of amides is 1. The van der Waals surface area contributed by atoms with Gasteiger partial charge in [-0.3, -0.25) is 9.48 Å². The van der Waals surface area contributed by atoms with Crippen LogP contribution in [0, 0.1) is 28.6 Å². The van der Waals surface area contributed by atoms with Gasteiger partial charge >= 0.3 is 0 Å². The van der Waals surface area contributed by atoms with E-state index in [1.807, 2.05) is 4.68 Å². The molecule has 0 aromatic carbocycles. The predicted octanol–water partition coefficient (Wildman–Crippen LogP) is 4.15. The summed E-state index contributed by atoms with van der Waals surface area (Å²) >= 11 is 0. The van der Waals surface area contributed by atoms with Crippen LogP contribution in [0.5, 0.6) is 0 Å². The first kappa shape index (κ1) is 18.9. The van der Waals surface area contributed by atoms with E-state index in [1.54, 1.807) is 12.7 Å². The Morgan fingerprint density at radius 2 is 1.89 bits per heavy atom. The average Bonchev–Trinajstić information content (AvgIpc) is 3.11. The lowest BCUT2D eigenvalue weighted by molar-refractivity contribution is -0.135. The molecule has 5 heteroatoms. The van der Waals surface area contributed by atoms with Gasteiger partial charge in [-0.05, 0) is 67.6 Å². The van der Waals surface area contributed by atoms with Gasteiger partial charge in [-0.25, -0.2) is 4.98 Å². The van der Waals surface area contributed by atoms with E-state index in [4.69, 9.17) is 0 Å². The Hall–Kier alpha value is -1.39. The van der Waals surface area contributed by atoms with Crippen molar-refractivity contribution in [2.24, 2.45) is 28.6 Å². The first-order chi connectivity index (χ1) is 12.9. The molecule has 1 amide bonds. The fourth-order valence-electron chi connectivity index (χ4n) is 5.66. The van der Waals surface area contributed by atoms with Crippen molar-refractivity contribution >= 4 is 5.91 Å². The van der Waals surface area contributed by atoms with E-state index < -0.39 is 0 Å². The van der Waals surface area contributed by atoms with Gasteiger partial charge in [-0.15, -0.1) is 0 Å². The van der Waals surface area contributed by atoms with Crippen LogP contribution >= 0.6 is 0 Å². The van der Waals surface area contributed by atoms with Gasteiger partial charge in [0.2, 0.25) is 5.91 Å². The second-order valence-corrected chi connectivity index (χ2v) is 10.1. The van der Waals surface area contributed by atoms with Gasteiger partial charge in [0.1, 0.15) is 12.7 Å². The minimum absolute atomic E-state index is 0.329. The Balaban J connectivity index is 1.25. The number of piperidine rings is 1. The molecule has 5 nitrogen and oxygen atoms in total. The van der Waals surface area contributed by atoms with Crippen molar-refractivity contribution in [2.45, 2.75) is 78.7 Å². The molecule has 2 aliphatic carbocycles. The third-order valence-corrected chi connectivity index (χ3v) is 8.32. The summed E-state index contributed by atoms with van der Waals surface area (Å²) in [7, 11) is 0. The van der Waals surface area contributed by atoms with E-state index in [2.05, 4.69) is 35.8 Å². The quantitative estimate of drug-likeness (QED) is 0.780. The summed E-state index contributed by atoms with van der Waals surface area (Å²) in [6.07, 6.45) is 13.2. The highest BCUT2D eigenvalue weighted by Gasteiger charge is 2.60. The van der Waals surface area contributed by atoms with Crippen LogP contribution in [0.15, 0.2) is 12.7 Å². The summed E-state index contributed by atoms with van der Waals surface area (Å²) in [6.45, 7) is 9.96. The van der Waals surface area contributed by atoms with Crippen molar-refractivity contribution in [3.05, 3.63) is 12.7 Å². The number of rotatable bonds is 5. The summed E-state index contributed by atoms with van der Waals surface area (Å²) in [6, 6.07) is 0. The molecule has 150 valence electrons. The second kappa shape index (κ2) is 7.21. The van der Waals surface area contributed by atoms with E-state index in [9.17, 15) is 4.79 Å². The third-order valence-electron chi connectivity index (χ3n) is 8.32. The number of nitrogens with zero attached hydrogens (tertiary/aromatic N) is 4. The molecule has 3 aliphatic rings. The first-order valence-electron chi connectivity index (χ1n) is 11.0. The number of carbonyl (C=O) groups is 1. The molecule has 1 unspecified atom stereocenters. The molecule has 1 aromatic rings. The summed E-state index contributed by atoms with van der Waals surface area (Å²) in [5, 5.41) is 4.21. The molecule has 27 heavy (non-hydrogen) atoms. The summed E-state index contributed by atoms with van der Waals surface area (Å²) in [4.78, 5) is 19.3. The van der Waals surface area contributed by atoms with Crippen molar-refractivity contribution in [1.29, 1.82) is 0 Å². The molecule has 0 bridgehead atoms. The zero-order chi connectivity index (χ0) is 19.1. The van der Waals surface area contributed by atoms with Crippen LogP contribution in [-0.4, -0.2) is 38.7 Å². The van der Waals surface area contributed by atoms with Crippen molar-refractivity contribution in [3.8, 4) is 0 Å². The molecule has 1 spiro atoms. The number of carbonyl (C=O) groups excluding carboxylic acids is 1. The monoisotopic (exact) mass is 372 g/mol. The van der Waals surface area contributed by atoms with Crippen LogP contribution in [-0.2, 0) is 11.3 Å². The first-order valence-corrected chi connectivity index (χ1v) is 11.0. The maximum absolute atomic E-state index is 13.1. The summed E-state index contributed by atoms with van der Waals surface area (Å²) in [5.74, 6) is 2.25. The van der Waals surface area contributed by atoms with Crippen LogP contribution in [0.1, 0.15) is 72.1 Å². The van der Waals surface area contributed by atoms with E-state index >= 15 is 0 Å². The standard InChI is InChI=1S/C22H36N4O/c1-4-21(2,3)18-5-9-22(10-6-18)13-19(22)20(27)25-11-7-17(8-12-25)14-26-16-23-15-24-26/h15-19H,4-14H2,1-3H3. The van der Waals surface area contributed by atoms with Gasteiger partial charge < -0.3 is 4.90 Å². The molecule has 0 N–H and O–H groups in total. The molecule has 4 rings (SSSR count). The van der Waals surface area contributed by atoms with Crippen LogP contribution in [0.2, 0.25) is 0 Å². The van der Waals surface area contributed by atoms with Crippen molar-refractivity contribution in [1.82, 2.24) is 19.7 Å². The van der Waals surface area contributed by atoms with Gasteiger partial charge in [0.25, 0.3) is 0 Å². The zero-order valence-corrected chi connectivity index (χ0v) is 17.4. The average molecular weight is 373 g/mol. The lowest BCUT2D eigenvalue weighted by Gasteiger charge is -2.40. The Kier molecular flexibility index (Phi) is 5.06. The molecule has 3 fully saturated rings. The molecule has 2 heterocycles. The minimum Gasteiger partial charge on any atom is -0.342 e. The number of aromatic nitrogens is 3. The van der Waals surface area contributed by atoms with E-state index in [-0.39, 0.29) is 0 Å². The Bertz CT molecular complexity index is 637. The lowest BCUT2D eigenvalue weighted by atomic mass is 9.66. The van der Waals surface area contributed by atoms with E-state index in [1.165, 1.54) is 32.1 Å². The highest BCUT2D eigenvalue weighted by molar-refractivity contribution is 5.82. The third kappa shape index (κ3) is 3.79. The van der Waals surface area contributed by atoms with Crippen LogP contribution in [0.25, 0.3) is 0 Å². The normalized spacial score (nSPS) is 32.0. The fraction of sp³-hybridized carbons (Fsp3) is 0.864. The van der Waals surface area contributed by atoms with Gasteiger partial charge in [-0.1, -0.05) is 27.2 Å². The molecule has 1 aromatic heterocycles. The van der Waals surface area contributed by atoms with Gasteiger partial charge in [0.15, 0.2) is 0 Å². The molecule has 2 saturated carbocycles. The topological polar surface area (TPSA) is 51.0 Å². The Morgan fingerprint density at radius 1 is 1.19 bits per heavy atom. The largest absolute Gasteiger partial charge is 0.342 e. The highest BCUT2D eigenvalue weighted by Crippen LogP contribution is 2.64. The minimum atomic E-state index is 0.329. The van der Waals surface area contributed by atoms with E-state index in [0.29, 0.717) is 28.6 Å². The SMILES string of the molecule is CCC(C)(C)C1CCC2(CC1)CC2C(=O)N1CCC(Cn2cncn2)CC1. The zero-order valence-electron chi connectivity index (χ0n) is 17.4. The summed E-state index contributed by atoms with van der Waals surface area (Å²) in [5.41, 5.74) is 0.830. The van der Waals surface area contributed by atoms with Crippen LogP contribution in [0.3, 0.4) is 0 Å². The maximum atomic E-state index is 13.1. The highest BCUT2D eigenvalue weighted by atomic mass is 16.2. The second-order valence-electron chi connectivity index (χ2n) is 10.1. The number of hydrogen-bond donors (Lipinski definition) is 0. The van der Waals surface area contributed by atoms with Crippen molar-refractivity contribution in [2.75, 3.05) is 13.1 Å².